The normalized spacial score (nSPS) is 10.4. The molecule has 2 heterocycles. The minimum atomic E-state index is 0.383. The average Bonchev–Trinajstić information content (AvgIpc) is 3.09. The first-order valence-electron chi connectivity index (χ1n) is 6.29. The molecule has 106 valence electrons. The molecular weight excluding hydrogens is 270 g/mol. The lowest BCUT2D eigenvalue weighted by atomic mass is 10.1. The topological polar surface area (TPSA) is 70.3 Å². The van der Waals surface area contributed by atoms with Gasteiger partial charge in [0.2, 0.25) is 11.7 Å². The lowest BCUT2D eigenvalue weighted by molar-refractivity contribution is 0.395. The molecule has 0 radical (unpaired) electrons. The second-order valence-electron chi connectivity index (χ2n) is 4.20. The van der Waals surface area contributed by atoms with Crippen LogP contribution < -0.4 is 9.47 Å². The van der Waals surface area contributed by atoms with E-state index in [0.717, 1.165) is 11.3 Å². The molecule has 0 saturated carbocycles. The van der Waals surface area contributed by atoms with Gasteiger partial charge in [0.25, 0.3) is 0 Å². The zero-order valence-corrected chi connectivity index (χ0v) is 11.6. The SMILES string of the molecule is COc1ccc(-c2nnc(-c3ccco3)nc2OC)cc1. The molecule has 0 saturated heterocycles. The van der Waals surface area contributed by atoms with Crippen LogP contribution >= 0.6 is 0 Å². The van der Waals surface area contributed by atoms with E-state index in [-0.39, 0.29) is 0 Å². The number of ether oxygens (including phenoxy) is 2. The summed E-state index contributed by atoms with van der Waals surface area (Å²) in [5.41, 5.74) is 1.41. The summed E-state index contributed by atoms with van der Waals surface area (Å²) < 4.78 is 15.7. The van der Waals surface area contributed by atoms with E-state index in [1.165, 1.54) is 0 Å². The first-order valence-corrected chi connectivity index (χ1v) is 6.29. The Balaban J connectivity index is 2.02. The van der Waals surface area contributed by atoms with Crippen LogP contribution in [0.1, 0.15) is 0 Å². The Morgan fingerprint density at radius 3 is 2.38 bits per heavy atom. The molecule has 0 unspecified atom stereocenters. The van der Waals surface area contributed by atoms with Gasteiger partial charge in [-0.15, -0.1) is 10.2 Å². The van der Waals surface area contributed by atoms with Gasteiger partial charge in [0.15, 0.2) is 11.5 Å². The molecule has 0 aliphatic carbocycles. The van der Waals surface area contributed by atoms with Gasteiger partial charge in [-0.2, -0.15) is 4.98 Å². The van der Waals surface area contributed by atoms with Crippen LogP contribution in [0.5, 0.6) is 11.6 Å². The number of hydrogen-bond acceptors (Lipinski definition) is 6. The van der Waals surface area contributed by atoms with Crippen LogP contribution in [0.4, 0.5) is 0 Å². The molecule has 0 fully saturated rings. The summed E-state index contributed by atoms with van der Waals surface area (Å²) in [6.07, 6.45) is 1.56. The predicted molar refractivity (Wildman–Crippen MR) is 76.1 cm³/mol. The van der Waals surface area contributed by atoms with Gasteiger partial charge in [0.05, 0.1) is 20.5 Å². The molecule has 0 aliphatic rings. The van der Waals surface area contributed by atoms with Crippen LogP contribution in [0.25, 0.3) is 22.8 Å². The second-order valence-corrected chi connectivity index (χ2v) is 4.20. The molecule has 0 spiro atoms. The van der Waals surface area contributed by atoms with Gasteiger partial charge in [0.1, 0.15) is 5.75 Å². The van der Waals surface area contributed by atoms with Gasteiger partial charge >= 0.3 is 0 Å². The van der Waals surface area contributed by atoms with E-state index in [0.29, 0.717) is 23.2 Å². The summed E-state index contributed by atoms with van der Waals surface area (Å²) in [5.74, 6) is 2.09. The molecule has 21 heavy (non-hydrogen) atoms. The number of methoxy groups -OCH3 is 2. The molecule has 0 N–H and O–H groups in total. The highest BCUT2D eigenvalue weighted by Gasteiger charge is 2.14. The van der Waals surface area contributed by atoms with Crippen LogP contribution in [0, 0.1) is 0 Å². The van der Waals surface area contributed by atoms with Crippen LogP contribution in [0.2, 0.25) is 0 Å². The fourth-order valence-electron chi connectivity index (χ4n) is 1.89. The Hall–Kier alpha value is -2.89. The Labute approximate surface area is 121 Å². The van der Waals surface area contributed by atoms with Crippen molar-refractivity contribution in [3.63, 3.8) is 0 Å². The Morgan fingerprint density at radius 1 is 0.952 bits per heavy atom. The molecule has 3 rings (SSSR count). The van der Waals surface area contributed by atoms with Crippen molar-refractivity contribution in [1.82, 2.24) is 15.2 Å². The summed E-state index contributed by atoms with van der Waals surface area (Å²) in [5, 5.41) is 8.28. The molecule has 1 aromatic carbocycles. The van der Waals surface area contributed by atoms with Gasteiger partial charge in [-0.1, -0.05) is 0 Å². The van der Waals surface area contributed by atoms with Crippen molar-refractivity contribution < 1.29 is 13.9 Å². The van der Waals surface area contributed by atoms with Crippen LogP contribution in [-0.2, 0) is 0 Å². The minimum Gasteiger partial charge on any atom is -0.497 e. The van der Waals surface area contributed by atoms with Crippen LogP contribution in [0.3, 0.4) is 0 Å². The number of aromatic nitrogens is 3. The molecule has 0 amide bonds. The lowest BCUT2D eigenvalue weighted by Crippen LogP contribution is -2.00. The highest BCUT2D eigenvalue weighted by molar-refractivity contribution is 5.65. The average molecular weight is 283 g/mol. The largest absolute Gasteiger partial charge is 0.497 e. The molecule has 0 atom stereocenters. The number of nitrogens with zero attached hydrogens (tertiary/aromatic N) is 3. The van der Waals surface area contributed by atoms with E-state index in [1.807, 2.05) is 24.3 Å². The van der Waals surface area contributed by atoms with Gasteiger partial charge in [-0.05, 0) is 36.4 Å². The first-order chi connectivity index (χ1) is 10.3. The third-order valence-corrected chi connectivity index (χ3v) is 2.95. The van der Waals surface area contributed by atoms with Crippen molar-refractivity contribution in [2.24, 2.45) is 0 Å². The quantitative estimate of drug-likeness (QED) is 0.733. The number of rotatable bonds is 4. The second kappa shape index (κ2) is 5.62. The summed E-state index contributed by atoms with van der Waals surface area (Å²) in [6, 6.07) is 11.0. The monoisotopic (exact) mass is 283 g/mol. The molecule has 2 aromatic heterocycles. The van der Waals surface area contributed by atoms with Gasteiger partial charge in [0, 0.05) is 5.56 Å². The molecular formula is C15H13N3O3. The summed E-state index contributed by atoms with van der Waals surface area (Å²) in [4.78, 5) is 4.33. The summed E-state index contributed by atoms with van der Waals surface area (Å²) in [7, 11) is 3.16. The van der Waals surface area contributed by atoms with Crippen LogP contribution in [0.15, 0.2) is 47.1 Å². The summed E-state index contributed by atoms with van der Waals surface area (Å²) in [6.45, 7) is 0. The molecule has 3 aromatic rings. The third-order valence-electron chi connectivity index (χ3n) is 2.95. The summed E-state index contributed by atoms with van der Waals surface area (Å²) >= 11 is 0. The maximum Gasteiger partial charge on any atom is 0.244 e. The molecule has 0 aliphatic heterocycles. The Bertz CT molecular complexity index is 724. The van der Waals surface area contributed by atoms with E-state index >= 15 is 0 Å². The van der Waals surface area contributed by atoms with E-state index in [9.17, 15) is 0 Å². The van der Waals surface area contributed by atoms with Crippen molar-refractivity contribution in [1.29, 1.82) is 0 Å². The zero-order valence-electron chi connectivity index (χ0n) is 11.6. The fourth-order valence-corrected chi connectivity index (χ4v) is 1.89. The number of benzene rings is 1. The van der Waals surface area contributed by atoms with Crippen molar-refractivity contribution in [2.45, 2.75) is 0 Å². The van der Waals surface area contributed by atoms with E-state index in [2.05, 4.69) is 15.2 Å². The first kappa shape index (κ1) is 13.1. The Morgan fingerprint density at radius 2 is 1.76 bits per heavy atom. The number of furan rings is 1. The highest BCUT2D eigenvalue weighted by atomic mass is 16.5. The Kier molecular flexibility index (Phi) is 3.51. The number of hydrogen-bond donors (Lipinski definition) is 0. The fraction of sp³-hybridized carbons (Fsp3) is 0.133. The maximum atomic E-state index is 5.31. The molecule has 0 bridgehead atoms. The third kappa shape index (κ3) is 2.55. The van der Waals surface area contributed by atoms with E-state index < -0.39 is 0 Å². The van der Waals surface area contributed by atoms with Crippen molar-refractivity contribution in [3.05, 3.63) is 42.7 Å². The van der Waals surface area contributed by atoms with E-state index in [4.69, 9.17) is 13.9 Å². The van der Waals surface area contributed by atoms with Crippen LogP contribution in [-0.4, -0.2) is 29.4 Å². The lowest BCUT2D eigenvalue weighted by Gasteiger charge is -2.07. The zero-order chi connectivity index (χ0) is 14.7. The standard InChI is InChI=1S/C15H13N3O3/c1-19-11-7-5-10(6-8-11)13-15(20-2)16-14(18-17-13)12-4-3-9-21-12/h3-9H,1-2H3. The highest BCUT2D eigenvalue weighted by Crippen LogP contribution is 2.28. The van der Waals surface area contributed by atoms with Crippen molar-refractivity contribution in [2.75, 3.05) is 14.2 Å². The van der Waals surface area contributed by atoms with Crippen molar-refractivity contribution in [3.8, 4) is 34.5 Å². The van der Waals surface area contributed by atoms with Gasteiger partial charge in [-0.25, -0.2) is 0 Å². The van der Waals surface area contributed by atoms with Gasteiger partial charge < -0.3 is 13.9 Å². The molecule has 6 nitrogen and oxygen atoms in total. The predicted octanol–water partition coefficient (Wildman–Crippen LogP) is 2.82. The smallest absolute Gasteiger partial charge is 0.244 e. The maximum absolute atomic E-state index is 5.31. The van der Waals surface area contributed by atoms with Crippen molar-refractivity contribution >= 4 is 0 Å². The van der Waals surface area contributed by atoms with Gasteiger partial charge in [-0.3, -0.25) is 0 Å². The minimum absolute atomic E-state index is 0.383. The molecule has 6 heteroatoms. The van der Waals surface area contributed by atoms with E-state index in [1.54, 1.807) is 32.6 Å².